The van der Waals surface area contributed by atoms with Crippen LogP contribution in [0.1, 0.15) is 32.1 Å². The summed E-state index contributed by atoms with van der Waals surface area (Å²) in [6.07, 6.45) is 0.659. The molecule has 0 spiro atoms. The minimum atomic E-state index is -2.36. The summed E-state index contributed by atoms with van der Waals surface area (Å²) in [6.45, 7) is 7.35. The summed E-state index contributed by atoms with van der Waals surface area (Å²) in [4.78, 5) is 33.6. The van der Waals surface area contributed by atoms with E-state index in [1.54, 1.807) is 0 Å². The molecule has 0 atom stereocenters. The van der Waals surface area contributed by atoms with E-state index in [4.69, 9.17) is 61.9 Å². The number of carbonyl (C=O) groups is 3. The smallest absolute Gasteiger partial charge is 0.313 e. The lowest BCUT2D eigenvalue weighted by molar-refractivity contribution is -0.146. The maximum atomic E-state index is 13.6. The summed E-state index contributed by atoms with van der Waals surface area (Å²) in [5, 5.41) is 8.55. The van der Waals surface area contributed by atoms with Gasteiger partial charge in [-0.05, 0) is 12.8 Å². The van der Waals surface area contributed by atoms with E-state index in [2.05, 4.69) is 4.74 Å². The average Bonchev–Trinajstić information content (AvgIpc) is 3.22. The predicted octanol–water partition coefficient (Wildman–Crippen LogP) is 3.05. The van der Waals surface area contributed by atoms with Crippen LogP contribution in [0.2, 0.25) is 0 Å². The number of carboxylic acids is 1. The van der Waals surface area contributed by atoms with Crippen LogP contribution in [0, 0.1) is 29.1 Å². The first-order valence-electron chi connectivity index (χ1n) is 19.1. The van der Waals surface area contributed by atoms with Gasteiger partial charge in [0.2, 0.25) is 34.8 Å². The van der Waals surface area contributed by atoms with E-state index in [0.29, 0.717) is 125 Å². The molecule has 0 aliphatic rings. The minimum absolute atomic E-state index is 0.0414. The highest BCUT2D eigenvalue weighted by atomic mass is 19.2. The number of ether oxygens (including phenoxy) is 13. The van der Waals surface area contributed by atoms with Crippen LogP contribution in [-0.4, -0.2) is 175 Å². The number of carboxylic acid groups (broad SMARTS) is 1. The molecule has 0 fully saturated rings. The maximum absolute atomic E-state index is 13.6. The largest absolute Gasteiger partial charge is 0.481 e. The lowest BCUT2D eigenvalue weighted by Gasteiger charge is -2.09. The van der Waals surface area contributed by atoms with Gasteiger partial charge >= 0.3 is 17.9 Å². The van der Waals surface area contributed by atoms with Gasteiger partial charge in [0.1, 0.15) is 6.61 Å². The topological polar surface area (TPSA) is 191 Å². The highest BCUT2D eigenvalue weighted by Crippen LogP contribution is 2.29. The Bertz CT molecular complexity index is 1220. The molecule has 0 aliphatic heterocycles. The molecule has 0 amide bonds. The number of benzene rings is 1. The molecule has 0 aromatic heterocycles. The molecule has 0 saturated heterocycles. The first-order valence-corrected chi connectivity index (χ1v) is 19.1. The molecule has 1 N–H and O–H groups in total. The van der Waals surface area contributed by atoms with Crippen molar-refractivity contribution in [3.8, 4) is 5.75 Å². The highest BCUT2D eigenvalue weighted by molar-refractivity contribution is 5.72. The Balaban J connectivity index is 1.71. The number of halogens is 5. The lowest BCUT2D eigenvalue weighted by Crippen LogP contribution is -2.16. The summed E-state index contributed by atoms with van der Waals surface area (Å²) in [7, 11) is 0. The second-order valence-electron chi connectivity index (χ2n) is 11.7. The van der Waals surface area contributed by atoms with Crippen LogP contribution in [0.15, 0.2) is 0 Å². The van der Waals surface area contributed by atoms with Crippen LogP contribution in [0.4, 0.5) is 22.0 Å². The molecule has 0 unspecified atom stereocenters. The Morgan fingerprint density at radius 1 is 0.339 bits per heavy atom. The molecule has 1 aromatic carbocycles. The van der Waals surface area contributed by atoms with Gasteiger partial charge in [0.05, 0.1) is 152 Å². The van der Waals surface area contributed by atoms with E-state index in [1.165, 1.54) is 0 Å². The lowest BCUT2D eigenvalue weighted by atomic mass is 10.2. The minimum Gasteiger partial charge on any atom is -0.481 e. The van der Waals surface area contributed by atoms with Crippen molar-refractivity contribution in [2.45, 2.75) is 32.1 Å². The van der Waals surface area contributed by atoms with Crippen LogP contribution >= 0.6 is 0 Å². The molecular weight excluding hydrogens is 811 g/mol. The van der Waals surface area contributed by atoms with Gasteiger partial charge in [0.15, 0.2) is 0 Å². The molecule has 0 aliphatic carbocycles. The van der Waals surface area contributed by atoms with E-state index >= 15 is 0 Å². The standard InChI is InChI=1S/C37H57F5O17/c38-32-33(39)35(41)37(36(42)34(32)40)59-31(46)5-6-47-7-8-48-9-10-49-11-12-50-13-14-51-15-16-52-17-18-53-19-20-54-21-22-55-23-24-56-25-26-57-27-28-58-30(45)4-2-1-3-29(43)44/h1-28H2,(H,43,44). The van der Waals surface area contributed by atoms with Crippen molar-refractivity contribution < 1.29 is 103 Å². The first-order chi connectivity index (χ1) is 28.6. The first kappa shape index (κ1) is 53.9. The van der Waals surface area contributed by atoms with Crippen molar-refractivity contribution in [3.05, 3.63) is 29.1 Å². The van der Waals surface area contributed by atoms with Gasteiger partial charge in [-0.25, -0.2) is 13.2 Å². The molecule has 17 nitrogen and oxygen atoms in total. The number of rotatable bonds is 42. The molecule has 1 rings (SSSR count). The van der Waals surface area contributed by atoms with Gasteiger partial charge in [0.25, 0.3) is 0 Å². The quantitative estimate of drug-likeness (QED) is 0.0252. The highest BCUT2D eigenvalue weighted by Gasteiger charge is 2.28. The van der Waals surface area contributed by atoms with Gasteiger partial charge in [-0.3, -0.25) is 14.4 Å². The third-order valence-electron chi connectivity index (χ3n) is 7.07. The number of unbranched alkanes of at least 4 members (excludes halogenated alkanes) is 1. The zero-order valence-corrected chi connectivity index (χ0v) is 33.2. The Hall–Kier alpha value is -3.16. The molecule has 342 valence electrons. The third kappa shape index (κ3) is 30.5. The van der Waals surface area contributed by atoms with Crippen molar-refractivity contribution in [2.75, 3.05) is 152 Å². The Morgan fingerprint density at radius 3 is 0.932 bits per heavy atom. The van der Waals surface area contributed by atoms with Crippen LogP contribution in [-0.2, 0) is 71.2 Å². The Morgan fingerprint density at radius 2 is 0.610 bits per heavy atom. The van der Waals surface area contributed by atoms with E-state index in [9.17, 15) is 36.3 Å². The number of hydrogen-bond donors (Lipinski definition) is 1. The zero-order valence-electron chi connectivity index (χ0n) is 33.2. The summed E-state index contributed by atoms with van der Waals surface area (Å²) in [5.74, 6) is -15.4. The number of carbonyl (C=O) groups excluding carboxylic acids is 2. The van der Waals surface area contributed by atoms with Gasteiger partial charge in [-0.15, -0.1) is 0 Å². The Labute approximate surface area is 339 Å². The molecular formula is C37H57F5O17. The van der Waals surface area contributed by atoms with Gasteiger partial charge in [-0.2, -0.15) is 8.78 Å². The molecule has 59 heavy (non-hydrogen) atoms. The molecule has 1 aromatic rings. The summed E-state index contributed by atoms with van der Waals surface area (Å²) < 4.78 is 135. The second kappa shape index (κ2) is 37.8. The molecule has 22 heteroatoms. The fourth-order valence-electron chi connectivity index (χ4n) is 4.13. The van der Waals surface area contributed by atoms with Crippen molar-refractivity contribution in [2.24, 2.45) is 0 Å². The third-order valence-corrected chi connectivity index (χ3v) is 7.07. The van der Waals surface area contributed by atoms with Crippen molar-refractivity contribution in [3.63, 3.8) is 0 Å². The number of hydrogen-bond acceptors (Lipinski definition) is 16. The predicted molar refractivity (Wildman–Crippen MR) is 193 cm³/mol. The molecule has 0 bridgehead atoms. The fraction of sp³-hybridized carbons (Fsp3) is 0.757. The maximum Gasteiger partial charge on any atom is 0.313 e. The average molecular weight is 869 g/mol. The number of esters is 2. The summed E-state index contributed by atoms with van der Waals surface area (Å²) in [6, 6.07) is 0. The monoisotopic (exact) mass is 868 g/mol. The molecule has 0 radical (unpaired) electrons. The van der Waals surface area contributed by atoms with Crippen molar-refractivity contribution >= 4 is 17.9 Å². The van der Waals surface area contributed by atoms with Crippen LogP contribution < -0.4 is 4.74 Å². The van der Waals surface area contributed by atoms with Gasteiger partial charge in [0, 0.05) is 12.8 Å². The zero-order chi connectivity index (χ0) is 43.2. The van der Waals surface area contributed by atoms with Crippen LogP contribution in [0.25, 0.3) is 0 Å². The SMILES string of the molecule is O=C(O)CCCCC(=O)OCCOCCOCCOCCOCCOCCOCCOCCOCCOCCOCCOCCC(=O)Oc1c(F)c(F)c(F)c(F)c1F. The Kier molecular flexibility index (Phi) is 34.5. The van der Waals surface area contributed by atoms with E-state index in [1.807, 2.05) is 0 Å². The van der Waals surface area contributed by atoms with E-state index in [-0.39, 0.29) is 58.5 Å². The van der Waals surface area contributed by atoms with Gasteiger partial charge in [-0.1, -0.05) is 0 Å². The van der Waals surface area contributed by atoms with Crippen molar-refractivity contribution in [1.82, 2.24) is 0 Å². The van der Waals surface area contributed by atoms with Crippen molar-refractivity contribution in [1.29, 1.82) is 0 Å². The summed E-state index contributed by atoms with van der Waals surface area (Å²) >= 11 is 0. The van der Waals surface area contributed by atoms with E-state index < -0.39 is 53.2 Å². The van der Waals surface area contributed by atoms with Gasteiger partial charge < -0.3 is 66.7 Å². The van der Waals surface area contributed by atoms with Crippen LogP contribution in [0.5, 0.6) is 5.75 Å². The van der Waals surface area contributed by atoms with E-state index in [0.717, 1.165) is 0 Å². The number of aliphatic carboxylic acids is 1. The van der Waals surface area contributed by atoms with Crippen LogP contribution in [0.3, 0.4) is 0 Å². The normalized spacial score (nSPS) is 11.3. The summed E-state index contributed by atoms with van der Waals surface area (Å²) in [5.41, 5.74) is 0. The second-order valence-corrected chi connectivity index (χ2v) is 11.7. The molecule has 0 heterocycles. The fourth-order valence-corrected chi connectivity index (χ4v) is 4.13. The molecule has 0 saturated carbocycles.